The molecule has 228 valence electrons. The number of alkyl halides is 3. The average molecular weight is 608 g/mol. The Hall–Kier alpha value is -3.31. The Labute approximate surface area is 248 Å². The second-order valence-corrected chi connectivity index (χ2v) is 11.7. The summed E-state index contributed by atoms with van der Waals surface area (Å²) in [5.74, 6) is -1.14. The monoisotopic (exact) mass is 607 g/mol. The van der Waals surface area contributed by atoms with Crippen LogP contribution in [0.2, 0.25) is 5.02 Å². The Morgan fingerprint density at radius 1 is 1.10 bits per heavy atom. The Morgan fingerprint density at radius 2 is 1.76 bits per heavy atom. The van der Waals surface area contributed by atoms with E-state index in [2.05, 4.69) is 10.6 Å². The van der Waals surface area contributed by atoms with Crippen LogP contribution in [0.25, 0.3) is 0 Å². The quantitative estimate of drug-likeness (QED) is 0.391. The van der Waals surface area contributed by atoms with E-state index in [9.17, 15) is 27.6 Å². The fourth-order valence-electron chi connectivity index (χ4n) is 5.70. The van der Waals surface area contributed by atoms with Gasteiger partial charge in [-0.15, -0.1) is 0 Å². The molecule has 0 aromatic heterocycles. The van der Waals surface area contributed by atoms with Gasteiger partial charge < -0.3 is 26.2 Å². The predicted molar refractivity (Wildman–Crippen MR) is 155 cm³/mol. The molecule has 2 aromatic rings. The molecule has 2 aromatic carbocycles. The van der Waals surface area contributed by atoms with Gasteiger partial charge in [0.1, 0.15) is 0 Å². The van der Waals surface area contributed by atoms with Crippen molar-refractivity contribution in [3.8, 4) is 0 Å². The molecule has 42 heavy (non-hydrogen) atoms. The number of amides is 3. The first-order valence-corrected chi connectivity index (χ1v) is 14.5. The van der Waals surface area contributed by atoms with Gasteiger partial charge >= 0.3 is 6.18 Å². The van der Waals surface area contributed by atoms with Gasteiger partial charge in [-0.2, -0.15) is 13.2 Å². The molecule has 2 aliphatic rings. The summed E-state index contributed by atoms with van der Waals surface area (Å²) in [5, 5.41) is 6.34. The van der Waals surface area contributed by atoms with E-state index < -0.39 is 29.7 Å². The van der Waals surface area contributed by atoms with E-state index in [1.54, 1.807) is 29.2 Å². The first kappa shape index (κ1) is 31.6. The number of benzene rings is 2. The SMILES string of the molecule is CC(C)CC(NC(=O)CCN)c1cc(C(F)(F)F)ccc1N1CCN(C(=O)C2CC(=O)NC2c2ccc(Cl)cc2)CC1. The van der Waals surface area contributed by atoms with Gasteiger partial charge in [0.15, 0.2) is 0 Å². The van der Waals surface area contributed by atoms with Crippen molar-refractivity contribution < 1.29 is 27.6 Å². The number of anilines is 1. The molecule has 2 saturated heterocycles. The van der Waals surface area contributed by atoms with Crippen molar-refractivity contribution in [1.29, 1.82) is 0 Å². The van der Waals surface area contributed by atoms with Gasteiger partial charge in [-0.05, 0) is 53.8 Å². The highest BCUT2D eigenvalue weighted by molar-refractivity contribution is 6.30. The van der Waals surface area contributed by atoms with Crippen molar-refractivity contribution in [2.24, 2.45) is 17.6 Å². The Morgan fingerprint density at radius 3 is 2.36 bits per heavy atom. The van der Waals surface area contributed by atoms with Crippen LogP contribution in [-0.4, -0.2) is 55.3 Å². The van der Waals surface area contributed by atoms with Crippen molar-refractivity contribution in [1.82, 2.24) is 15.5 Å². The number of nitrogens with zero attached hydrogens (tertiary/aromatic N) is 2. The largest absolute Gasteiger partial charge is 0.416 e. The fourth-order valence-corrected chi connectivity index (χ4v) is 5.82. The zero-order valence-corrected chi connectivity index (χ0v) is 24.5. The topological polar surface area (TPSA) is 108 Å². The summed E-state index contributed by atoms with van der Waals surface area (Å²) in [6, 6.07) is 9.54. The first-order valence-electron chi connectivity index (χ1n) is 14.2. The lowest BCUT2D eigenvalue weighted by Gasteiger charge is -2.39. The summed E-state index contributed by atoms with van der Waals surface area (Å²) in [5.41, 5.74) is 6.52. The summed E-state index contributed by atoms with van der Waals surface area (Å²) >= 11 is 6.01. The molecule has 2 heterocycles. The third-order valence-corrected chi connectivity index (χ3v) is 8.00. The maximum atomic E-state index is 13.7. The number of piperazine rings is 1. The summed E-state index contributed by atoms with van der Waals surface area (Å²) in [4.78, 5) is 42.0. The first-order chi connectivity index (χ1) is 19.9. The molecule has 12 heteroatoms. The number of rotatable bonds is 9. The molecule has 3 atom stereocenters. The minimum atomic E-state index is -4.55. The molecule has 2 fully saturated rings. The van der Waals surface area contributed by atoms with E-state index >= 15 is 0 Å². The summed E-state index contributed by atoms with van der Waals surface area (Å²) in [6.07, 6.45) is -3.96. The van der Waals surface area contributed by atoms with Crippen LogP contribution in [0.15, 0.2) is 42.5 Å². The van der Waals surface area contributed by atoms with Crippen LogP contribution < -0.4 is 21.3 Å². The standard InChI is InChI=1S/C30H37ClF3N5O3/c1-18(2)15-24(36-26(40)9-10-35)22-16-20(30(32,33)34)5-8-25(22)38-11-13-39(14-12-38)29(42)23-17-27(41)37-28(23)19-3-6-21(31)7-4-19/h3-8,16,18,23-24,28H,9-15,17,35H2,1-2H3,(H,36,40)(H,37,41). The maximum absolute atomic E-state index is 13.7. The molecule has 0 aliphatic carbocycles. The fraction of sp³-hybridized carbons (Fsp3) is 0.500. The highest BCUT2D eigenvalue weighted by Gasteiger charge is 2.41. The third-order valence-electron chi connectivity index (χ3n) is 7.75. The van der Waals surface area contributed by atoms with Crippen LogP contribution in [0.3, 0.4) is 0 Å². The van der Waals surface area contributed by atoms with Gasteiger partial charge in [0.2, 0.25) is 17.7 Å². The van der Waals surface area contributed by atoms with Crippen LogP contribution in [0, 0.1) is 11.8 Å². The number of hydrogen-bond donors (Lipinski definition) is 3. The highest BCUT2D eigenvalue weighted by Crippen LogP contribution is 2.38. The van der Waals surface area contributed by atoms with Gasteiger partial charge in [-0.25, -0.2) is 0 Å². The molecule has 8 nitrogen and oxygen atoms in total. The van der Waals surface area contributed by atoms with Crippen LogP contribution in [0.1, 0.15) is 61.9 Å². The van der Waals surface area contributed by atoms with Gasteiger partial charge in [0, 0.05) is 56.3 Å². The predicted octanol–water partition coefficient (Wildman–Crippen LogP) is 4.44. The van der Waals surface area contributed by atoms with Crippen LogP contribution in [0.5, 0.6) is 0 Å². The van der Waals surface area contributed by atoms with Crippen molar-refractivity contribution in [2.45, 2.75) is 51.4 Å². The molecule has 3 amide bonds. The molecule has 4 N–H and O–H groups in total. The van der Waals surface area contributed by atoms with E-state index in [1.165, 1.54) is 6.07 Å². The van der Waals surface area contributed by atoms with Crippen molar-refractivity contribution >= 4 is 35.0 Å². The summed E-state index contributed by atoms with van der Waals surface area (Å²) < 4.78 is 41.2. The van der Waals surface area contributed by atoms with Gasteiger partial charge in [-0.1, -0.05) is 37.6 Å². The maximum Gasteiger partial charge on any atom is 0.416 e. The number of carbonyl (C=O) groups is 3. The van der Waals surface area contributed by atoms with Gasteiger partial charge in [0.25, 0.3) is 0 Å². The van der Waals surface area contributed by atoms with E-state index in [1.807, 2.05) is 18.7 Å². The van der Waals surface area contributed by atoms with Crippen LogP contribution in [-0.2, 0) is 20.6 Å². The van der Waals surface area contributed by atoms with Crippen molar-refractivity contribution in [3.05, 3.63) is 64.2 Å². The lowest BCUT2D eigenvalue weighted by Crippen LogP contribution is -2.51. The molecular formula is C30H37ClF3N5O3. The third kappa shape index (κ3) is 7.55. The minimum absolute atomic E-state index is 0.0687. The lowest BCUT2D eigenvalue weighted by atomic mass is 9.92. The van der Waals surface area contributed by atoms with E-state index in [0.29, 0.717) is 48.9 Å². The normalized spacial score (nSPS) is 20.0. The highest BCUT2D eigenvalue weighted by atomic mass is 35.5. The Bertz CT molecular complexity index is 1280. The van der Waals surface area contributed by atoms with Gasteiger partial charge in [-0.3, -0.25) is 14.4 Å². The summed E-state index contributed by atoms with van der Waals surface area (Å²) in [6.45, 7) is 5.47. The smallest absolute Gasteiger partial charge is 0.368 e. The van der Waals surface area contributed by atoms with Crippen molar-refractivity contribution in [3.63, 3.8) is 0 Å². The molecule has 3 unspecified atom stereocenters. The number of hydrogen-bond acceptors (Lipinski definition) is 5. The van der Waals surface area contributed by atoms with Crippen LogP contribution in [0.4, 0.5) is 18.9 Å². The zero-order valence-electron chi connectivity index (χ0n) is 23.7. The van der Waals surface area contributed by atoms with E-state index in [0.717, 1.165) is 17.7 Å². The van der Waals surface area contributed by atoms with Crippen LogP contribution >= 0.6 is 11.6 Å². The zero-order chi connectivity index (χ0) is 30.6. The Kier molecular flexibility index (Phi) is 10.0. The lowest BCUT2D eigenvalue weighted by molar-refractivity contribution is -0.138. The minimum Gasteiger partial charge on any atom is -0.368 e. The number of nitrogens with two attached hydrogens (primary N) is 1. The second-order valence-electron chi connectivity index (χ2n) is 11.3. The number of nitrogens with one attached hydrogen (secondary N) is 2. The van der Waals surface area contributed by atoms with E-state index in [4.69, 9.17) is 17.3 Å². The molecule has 2 aliphatic heterocycles. The molecular weight excluding hydrogens is 571 g/mol. The number of halogens is 4. The summed E-state index contributed by atoms with van der Waals surface area (Å²) in [7, 11) is 0. The molecule has 0 bridgehead atoms. The molecule has 0 spiro atoms. The van der Waals surface area contributed by atoms with E-state index in [-0.39, 0.29) is 43.0 Å². The average Bonchev–Trinajstić information content (AvgIpc) is 3.33. The molecule has 0 saturated carbocycles. The second kappa shape index (κ2) is 13.3. The number of carbonyl (C=O) groups excluding carboxylic acids is 3. The molecule has 0 radical (unpaired) electrons. The Balaban J connectivity index is 1.55. The van der Waals surface area contributed by atoms with Crippen molar-refractivity contribution in [2.75, 3.05) is 37.6 Å². The van der Waals surface area contributed by atoms with Gasteiger partial charge in [0.05, 0.1) is 23.6 Å². The molecule has 4 rings (SSSR count).